The van der Waals surface area contributed by atoms with Gasteiger partial charge in [0, 0.05) is 26.2 Å². The number of nitrogens with two attached hydrogens (primary N) is 1. The van der Waals surface area contributed by atoms with Crippen LogP contribution in [0.15, 0.2) is 24.3 Å². The van der Waals surface area contributed by atoms with Crippen molar-refractivity contribution in [1.29, 1.82) is 0 Å². The van der Waals surface area contributed by atoms with E-state index in [-0.39, 0.29) is 5.95 Å². The molecule has 0 atom stereocenters. The van der Waals surface area contributed by atoms with Crippen molar-refractivity contribution in [2.75, 3.05) is 50.4 Å². The van der Waals surface area contributed by atoms with E-state index in [4.69, 9.17) is 10.5 Å². The zero-order valence-corrected chi connectivity index (χ0v) is 15.5. The number of likely N-dealkylation sites (N-methyl/N-ethyl adjacent to an activating group) is 1. The fourth-order valence-corrected chi connectivity index (χ4v) is 3.00. The molecule has 0 spiro atoms. The van der Waals surface area contributed by atoms with Gasteiger partial charge in [0.1, 0.15) is 11.6 Å². The van der Waals surface area contributed by atoms with E-state index in [1.54, 1.807) is 0 Å². The Bertz CT molecular complexity index is 716. The van der Waals surface area contributed by atoms with Gasteiger partial charge in [-0.2, -0.15) is 15.0 Å². The maximum atomic E-state index is 5.90. The van der Waals surface area contributed by atoms with Crippen LogP contribution in [-0.2, 0) is 6.54 Å². The molecule has 0 bridgehead atoms. The van der Waals surface area contributed by atoms with E-state index in [1.165, 1.54) is 0 Å². The number of piperazine rings is 1. The topological polar surface area (TPSA) is 92.4 Å². The third kappa shape index (κ3) is 4.80. The molecule has 26 heavy (non-hydrogen) atoms. The summed E-state index contributed by atoms with van der Waals surface area (Å²) in [6.07, 6.45) is 0. The van der Waals surface area contributed by atoms with Gasteiger partial charge in [0.05, 0.1) is 18.8 Å². The Morgan fingerprint density at radius 2 is 1.77 bits per heavy atom. The second-order valence-electron chi connectivity index (χ2n) is 6.20. The maximum absolute atomic E-state index is 5.90. The molecule has 0 amide bonds. The molecular weight excluding hydrogens is 330 g/mol. The van der Waals surface area contributed by atoms with Crippen LogP contribution in [0.3, 0.4) is 0 Å². The maximum Gasteiger partial charge on any atom is 0.232 e. The van der Waals surface area contributed by atoms with Gasteiger partial charge in [-0.05, 0) is 25.6 Å². The molecule has 0 saturated carbocycles. The highest BCUT2D eigenvalue weighted by Gasteiger charge is 2.17. The second kappa shape index (κ2) is 8.77. The molecule has 0 radical (unpaired) electrons. The van der Waals surface area contributed by atoms with Crippen molar-refractivity contribution in [2.24, 2.45) is 0 Å². The van der Waals surface area contributed by atoms with E-state index in [2.05, 4.69) is 37.0 Å². The largest absolute Gasteiger partial charge is 0.492 e. The molecule has 8 heteroatoms. The van der Waals surface area contributed by atoms with Gasteiger partial charge < -0.3 is 20.7 Å². The monoisotopic (exact) mass is 357 g/mol. The first-order chi connectivity index (χ1) is 12.7. The van der Waals surface area contributed by atoms with E-state index >= 15 is 0 Å². The predicted molar refractivity (Wildman–Crippen MR) is 103 cm³/mol. The number of nitrogens with zero attached hydrogens (tertiary/aromatic N) is 5. The molecule has 1 aromatic heterocycles. The lowest BCUT2D eigenvalue weighted by atomic mass is 10.3. The van der Waals surface area contributed by atoms with E-state index in [1.807, 2.05) is 31.2 Å². The zero-order valence-electron chi connectivity index (χ0n) is 15.5. The van der Waals surface area contributed by atoms with Crippen molar-refractivity contribution < 1.29 is 4.74 Å². The Labute approximate surface area is 154 Å². The van der Waals surface area contributed by atoms with Crippen LogP contribution < -0.4 is 15.8 Å². The molecule has 2 aromatic rings. The highest BCUT2D eigenvalue weighted by Crippen LogP contribution is 2.26. The number of para-hydroxylation sites is 2. The third-order valence-corrected chi connectivity index (χ3v) is 4.41. The first-order valence-corrected chi connectivity index (χ1v) is 9.12. The number of rotatable bonds is 7. The Morgan fingerprint density at radius 1 is 1.04 bits per heavy atom. The Balaban J connectivity index is 1.70. The third-order valence-electron chi connectivity index (χ3n) is 4.41. The van der Waals surface area contributed by atoms with Crippen molar-refractivity contribution in [1.82, 2.24) is 24.8 Å². The molecule has 2 heterocycles. The summed E-state index contributed by atoms with van der Waals surface area (Å²) in [5.41, 5.74) is 6.71. The van der Waals surface area contributed by atoms with Gasteiger partial charge >= 0.3 is 0 Å². The van der Waals surface area contributed by atoms with Gasteiger partial charge in [0.2, 0.25) is 11.9 Å². The van der Waals surface area contributed by atoms with Crippen LogP contribution in [0.25, 0.3) is 0 Å². The van der Waals surface area contributed by atoms with Crippen LogP contribution in [0.2, 0.25) is 0 Å². The van der Waals surface area contributed by atoms with Crippen LogP contribution in [0, 0.1) is 0 Å². The molecule has 3 N–H and O–H groups in total. The summed E-state index contributed by atoms with van der Waals surface area (Å²) in [6.45, 7) is 10.7. The summed E-state index contributed by atoms with van der Waals surface area (Å²) in [5.74, 6) is 2.09. The van der Waals surface area contributed by atoms with Gasteiger partial charge in [-0.3, -0.25) is 4.90 Å². The van der Waals surface area contributed by atoms with Crippen molar-refractivity contribution >= 4 is 17.6 Å². The lowest BCUT2D eigenvalue weighted by molar-refractivity contribution is 0.129. The number of anilines is 3. The smallest absolute Gasteiger partial charge is 0.232 e. The lowest BCUT2D eigenvalue weighted by Gasteiger charge is -2.33. The number of ether oxygens (including phenoxy) is 1. The first kappa shape index (κ1) is 18.3. The summed E-state index contributed by atoms with van der Waals surface area (Å²) in [5, 5.41) is 3.20. The molecule has 8 nitrogen and oxygen atoms in total. The van der Waals surface area contributed by atoms with E-state index < -0.39 is 0 Å². The summed E-state index contributed by atoms with van der Waals surface area (Å²) in [4.78, 5) is 17.8. The quantitative estimate of drug-likeness (QED) is 0.774. The van der Waals surface area contributed by atoms with E-state index in [0.29, 0.717) is 24.9 Å². The van der Waals surface area contributed by atoms with Crippen molar-refractivity contribution in [3.05, 3.63) is 30.1 Å². The standard InChI is InChI=1S/C18H27N7O/c1-3-24-9-11-25(12-10-24)13-16-21-17(19)23-18(22-16)20-14-7-5-6-8-15(14)26-4-2/h5-8H,3-4,9-13H2,1-2H3,(H3,19,20,21,22,23). The van der Waals surface area contributed by atoms with Crippen LogP contribution in [-0.4, -0.2) is 64.1 Å². The van der Waals surface area contributed by atoms with Crippen LogP contribution in [0.4, 0.5) is 17.6 Å². The van der Waals surface area contributed by atoms with Crippen LogP contribution >= 0.6 is 0 Å². The highest BCUT2D eigenvalue weighted by atomic mass is 16.5. The van der Waals surface area contributed by atoms with Crippen LogP contribution in [0.5, 0.6) is 5.75 Å². The summed E-state index contributed by atoms with van der Waals surface area (Å²) >= 11 is 0. The van der Waals surface area contributed by atoms with E-state index in [9.17, 15) is 0 Å². The molecule has 1 aromatic carbocycles. The zero-order chi connectivity index (χ0) is 18.4. The average Bonchev–Trinajstić information content (AvgIpc) is 2.64. The van der Waals surface area contributed by atoms with Gasteiger partial charge in [0.15, 0.2) is 0 Å². The summed E-state index contributed by atoms with van der Waals surface area (Å²) in [7, 11) is 0. The summed E-state index contributed by atoms with van der Waals surface area (Å²) < 4.78 is 5.63. The minimum absolute atomic E-state index is 0.221. The highest BCUT2D eigenvalue weighted by molar-refractivity contribution is 5.62. The number of benzene rings is 1. The molecule has 1 aliphatic rings. The van der Waals surface area contributed by atoms with Crippen molar-refractivity contribution in [2.45, 2.75) is 20.4 Å². The first-order valence-electron chi connectivity index (χ1n) is 9.12. The fraction of sp³-hybridized carbons (Fsp3) is 0.500. The minimum Gasteiger partial charge on any atom is -0.492 e. The van der Waals surface area contributed by atoms with E-state index in [0.717, 1.165) is 44.2 Å². The average molecular weight is 357 g/mol. The van der Waals surface area contributed by atoms with Crippen LogP contribution in [0.1, 0.15) is 19.7 Å². The molecule has 1 aliphatic heterocycles. The molecule has 140 valence electrons. The lowest BCUT2D eigenvalue weighted by Crippen LogP contribution is -2.45. The van der Waals surface area contributed by atoms with Gasteiger partial charge in [-0.25, -0.2) is 0 Å². The number of nitrogens with one attached hydrogen (secondary N) is 1. The summed E-state index contributed by atoms with van der Waals surface area (Å²) in [6, 6.07) is 7.70. The predicted octanol–water partition coefficient (Wildman–Crippen LogP) is 1.73. The number of hydrogen-bond acceptors (Lipinski definition) is 8. The van der Waals surface area contributed by atoms with Gasteiger partial charge in [-0.15, -0.1) is 0 Å². The molecule has 1 saturated heterocycles. The minimum atomic E-state index is 0.221. The fourth-order valence-electron chi connectivity index (χ4n) is 3.00. The van der Waals surface area contributed by atoms with Gasteiger partial charge in [0.25, 0.3) is 0 Å². The number of hydrogen-bond donors (Lipinski definition) is 2. The Morgan fingerprint density at radius 3 is 2.50 bits per heavy atom. The molecule has 0 aliphatic carbocycles. The molecule has 1 fully saturated rings. The Hall–Kier alpha value is -2.45. The normalized spacial score (nSPS) is 15.8. The SMILES string of the molecule is CCOc1ccccc1Nc1nc(N)nc(CN2CCN(CC)CC2)n1. The molecular formula is C18H27N7O. The number of aromatic nitrogens is 3. The molecule has 0 unspecified atom stereocenters. The number of nitrogen functional groups attached to an aromatic ring is 1. The van der Waals surface area contributed by atoms with Crippen molar-refractivity contribution in [3.63, 3.8) is 0 Å². The van der Waals surface area contributed by atoms with Gasteiger partial charge in [-0.1, -0.05) is 19.1 Å². The van der Waals surface area contributed by atoms with Crippen molar-refractivity contribution in [3.8, 4) is 5.75 Å². The second-order valence-corrected chi connectivity index (χ2v) is 6.20. The Kier molecular flexibility index (Phi) is 6.19. The molecule has 3 rings (SSSR count).